The highest BCUT2D eigenvalue weighted by Gasteiger charge is 2.26. The maximum Gasteiger partial charge on any atom is 0.292 e. The minimum Gasteiger partial charge on any atom is -0.371 e. The van der Waals surface area contributed by atoms with Crippen LogP contribution in [0.25, 0.3) is 0 Å². The van der Waals surface area contributed by atoms with Crippen molar-refractivity contribution in [2.45, 2.75) is 31.7 Å². The smallest absolute Gasteiger partial charge is 0.292 e. The monoisotopic (exact) mass is 354 g/mol. The van der Waals surface area contributed by atoms with Gasteiger partial charge in [0.05, 0.1) is 17.5 Å². The van der Waals surface area contributed by atoms with Crippen LogP contribution >= 0.6 is 0 Å². The number of carbonyl (C=O) groups is 1. The maximum atomic E-state index is 12.9. The van der Waals surface area contributed by atoms with Crippen molar-refractivity contribution in [2.24, 2.45) is 0 Å². The Morgan fingerprint density at radius 2 is 1.96 bits per heavy atom. The molecule has 2 aromatic rings. The molecule has 1 aliphatic rings. The van der Waals surface area contributed by atoms with E-state index >= 15 is 0 Å². The van der Waals surface area contributed by atoms with Gasteiger partial charge in [-0.05, 0) is 36.6 Å². The molecule has 0 saturated carbocycles. The predicted molar refractivity (Wildman–Crippen MR) is 98.7 cm³/mol. The van der Waals surface area contributed by atoms with Crippen LogP contribution in [0.15, 0.2) is 48.8 Å². The molecule has 1 saturated heterocycles. The average Bonchev–Trinajstić information content (AvgIpc) is 2.93. The van der Waals surface area contributed by atoms with Crippen LogP contribution in [0.5, 0.6) is 0 Å². The van der Waals surface area contributed by atoms with Gasteiger partial charge in [-0.1, -0.05) is 25.0 Å². The van der Waals surface area contributed by atoms with Crippen LogP contribution in [0.4, 0.5) is 11.4 Å². The lowest BCUT2D eigenvalue weighted by molar-refractivity contribution is -0.383. The standard InChI is InChI=1S/C19H22N4O3/c24-19(14-21-16-6-3-4-8-18(16)23(25)26)22-13-5-1-2-7-17(22)15-9-11-20-12-10-15/h3-4,6,8-12,17,21H,1-2,5,7,13-14H2/t17-/m0/s1. The van der Waals surface area contributed by atoms with E-state index in [1.54, 1.807) is 30.6 Å². The Kier molecular flexibility index (Phi) is 5.78. The van der Waals surface area contributed by atoms with Crippen molar-refractivity contribution >= 4 is 17.3 Å². The van der Waals surface area contributed by atoms with Crippen molar-refractivity contribution in [1.29, 1.82) is 0 Å². The highest BCUT2D eigenvalue weighted by Crippen LogP contribution is 2.30. The quantitative estimate of drug-likeness (QED) is 0.655. The van der Waals surface area contributed by atoms with E-state index in [9.17, 15) is 14.9 Å². The van der Waals surface area contributed by atoms with Gasteiger partial charge < -0.3 is 10.2 Å². The lowest BCUT2D eigenvalue weighted by Crippen LogP contribution is -2.38. The molecule has 0 radical (unpaired) electrons. The molecule has 0 spiro atoms. The maximum absolute atomic E-state index is 12.9. The zero-order valence-electron chi connectivity index (χ0n) is 14.5. The number of likely N-dealkylation sites (tertiary alicyclic amines) is 1. The van der Waals surface area contributed by atoms with Crippen LogP contribution in [0.1, 0.15) is 37.3 Å². The molecule has 1 aromatic heterocycles. The van der Waals surface area contributed by atoms with Gasteiger partial charge >= 0.3 is 0 Å². The number of aromatic nitrogens is 1. The first-order chi connectivity index (χ1) is 12.7. The van der Waals surface area contributed by atoms with E-state index in [4.69, 9.17) is 0 Å². The lowest BCUT2D eigenvalue weighted by atomic mass is 10.0. The number of hydrogen-bond donors (Lipinski definition) is 1. The Hall–Kier alpha value is -2.96. The van der Waals surface area contributed by atoms with Gasteiger partial charge in [-0.3, -0.25) is 19.9 Å². The van der Waals surface area contributed by atoms with Gasteiger partial charge in [0.1, 0.15) is 5.69 Å². The van der Waals surface area contributed by atoms with Gasteiger partial charge in [0.2, 0.25) is 5.91 Å². The summed E-state index contributed by atoms with van der Waals surface area (Å²) in [6.45, 7) is 0.733. The number of carbonyl (C=O) groups excluding carboxylic acids is 1. The molecule has 0 aliphatic carbocycles. The number of nitro groups is 1. The van der Waals surface area contributed by atoms with E-state index < -0.39 is 4.92 Å². The molecule has 2 heterocycles. The zero-order chi connectivity index (χ0) is 18.4. The normalized spacial score (nSPS) is 17.4. The number of benzene rings is 1. The SMILES string of the molecule is O=C(CNc1ccccc1[N+](=O)[O-])N1CCCCC[C@H]1c1ccncc1. The van der Waals surface area contributed by atoms with Gasteiger partial charge in [-0.25, -0.2) is 0 Å². The van der Waals surface area contributed by atoms with Crippen LogP contribution in [0, 0.1) is 10.1 Å². The summed E-state index contributed by atoms with van der Waals surface area (Å²) in [5.74, 6) is -0.0492. The number of nitrogens with zero attached hydrogens (tertiary/aromatic N) is 3. The van der Waals surface area contributed by atoms with Gasteiger partial charge in [0.25, 0.3) is 5.69 Å². The molecule has 1 aromatic carbocycles. The van der Waals surface area contributed by atoms with Crippen molar-refractivity contribution in [3.63, 3.8) is 0 Å². The fourth-order valence-electron chi connectivity index (χ4n) is 3.39. The van der Waals surface area contributed by atoms with Gasteiger partial charge in [0.15, 0.2) is 0 Å². The summed E-state index contributed by atoms with van der Waals surface area (Å²) in [6, 6.07) is 10.3. The van der Waals surface area contributed by atoms with Crippen molar-refractivity contribution in [3.8, 4) is 0 Å². The number of anilines is 1. The number of pyridine rings is 1. The minimum atomic E-state index is -0.446. The second-order valence-electron chi connectivity index (χ2n) is 6.36. The number of nitro benzene ring substituents is 1. The van der Waals surface area contributed by atoms with Gasteiger partial charge in [0, 0.05) is 25.0 Å². The Morgan fingerprint density at radius 1 is 1.19 bits per heavy atom. The highest BCUT2D eigenvalue weighted by molar-refractivity contribution is 5.82. The Balaban J connectivity index is 1.73. The molecule has 136 valence electrons. The second kappa shape index (κ2) is 8.42. The summed E-state index contributed by atoms with van der Waals surface area (Å²) < 4.78 is 0. The van der Waals surface area contributed by atoms with E-state index in [-0.39, 0.29) is 24.2 Å². The van der Waals surface area contributed by atoms with Crippen LogP contribution in [-0.2, 0) is 4.79 Å². The summed E-state index contributed by atoms with van der Waals surface area (Å²) >= 11 is 0. The Bertz CT molecular complexity index is 766. The molecule has 7 heteroatoms. The second-order valence-corrected chi connectivity index (χ2v) is 6.36. The molecule has 1 N–H and O–H groups in total. The van der Waals surface area contributed by atoms with Crippen LogP contribution in [0.3, 0.4) is 0 Å². The molecule has 26 heavy (non-hydrogen) atoms. The summed E-state index contributed by atoms with van der Waals surface area (Å²) in [4.78, 5) is 29.5. The van der Waals surface area contributed by atoms with E-state index in [1.165, 1.54) is 6.07 Å². The van der Waals surface area contributed by atoms with E-state index in [1.807, 2.05) is 17.0 Å². The summed E-state index contributed by atoms with van der Waals surface area (Å²) in [7, 11) is 0. The lowest BCUT2D eigenvalue weighted by Gasteiger charge is -2.30. The van der Waals surface area contributed by atoms with E-state index in [0.29, 0.717) is 12.2 Å². The van der Waals surface area contributed by atoms with Gasteiger partial charge in [-0.15, -0.1) is 0 Å². The van der Waals surface area contributed by atoms with Crippen LogP contribution in [-0.4, -0.2) is 33.8 Å². The Morgan fingerprint density at radius 3 is 2.73 bits per heavy atom. The predicted octanol–water partition coefficient (Wildman–Crippen LogP) is 3.55. The number of hydrogen-bond acceptors (Lipinski definition) is 5. The molecule has 1 amide bonds. The van der Waals surface area contributed by atoms with Gasteiger partial charge in [-0.2, -0.15) is 0 Å². The van der Waals surface area contributed by atoms with Crippen molar-refractivity contribution in [3.05, 3.63) is 64.5 Å². The number of para-hydroxylation sites is 2. The topological polar surface area (TPSA) is 88.4 Å². The minimum absolute atomic E-state index is 0.0261. The van der Waals surface area contributed by atoms with Crippen LogP contribution in [0.2, 0.25) is 0 Å². The molecule has 1 atom stereocenters. The first-order valence-corrected chi connectivity index (χ1v) is 8.83. The number of rotatable bonds is 5. The van der Waals surface area contributed by atoms with Crippen LogP contribution < -0.4 is 5.32 Å². The zero-order valence-corrected chi connectivity index (χ0v) is 14.5. The van der Waals surface area contributed by atoms with Crippen molar-refractivity contribution in [1.82, 2.24) is 9.88 Å². The molecule has 7 nitrogen and oxygen atoms in total. The Labute approximate surface area is 152 Å². The number of nitrogens with one attached hydrogen (secondary N) is 1. The fraction of sp³-hybridized carbons (Fsp3) is 0.368. The third-order valence-electron chi connectivity index (χ3n) is 4.69. The molecular formula is C19H22N4O3. The largest absolute Gasteiger partial charge is 0.371 e. The molecule has 0 bridgehead atoms. The first kappa shape index (κ1) is 17.8. The van der Waals surface area contributed by atoms with Crippen molar-refractivity contribution < 1.29 is 9.72 Å². The highest BCUT2D eigenvalue weighted by atomic mass is 16.6. The average molecular weight is 354 g/mol. The fourth-order valence-corrected chi connectivity index (χ4v) is 3.39. The third kappa shape index (κ3) is 4.17. The summed E-state index contributed by atoms with van der Waals surface area (Å²) in [6.07, 6.45) is 7.56. The molecular weight excluding hydrogens is 332 g/mol. The molecule has 1 aliphatic heterocycles. The third-order valence-corrected chi connectivity index (χ3v) is 4.69. The molecule has 3 rings (SSSR count). The summed E-state index contributed by atoms with van der Waals surface area (Å²) in [5.41, 5.74) is 1.42. The first-order valence-electron chi connectivity index (χ1n) is 8.83. The van der Waals surface area contributed by atoms with E-state index in [2.05, 4.69) is 10.3 Å². The number of amides is 1. The summed E-state index contributed by atoms with van der Waals surface area (Å²) in [5, 5.41) is 14.1. The molecule has 0 unspecified atom stereocenters. The molecule has 1 fully saturated rings. The van der Waals surface area contributed by atoms with E-state index in [0.717, 1.165) is 31.2 Å². The van der Waals surface area contributed by atoms with Crippen molar-refractivity contribution in [2.75, 3.05) is 18.4 Å².